The molecule has 0 unspecified atom stereocenters. The second-order valence-electron chi connectivity index (χ2n) is 5.40. The van der Waals surface area contributed by atoms with Crippen LogP contribution in [-0.2, 0) is 0 Å². The van der Waals surface area contributed by atoms with Gasteiger partial charge in [0.25, 0.3) is 5.24 Å². The molecule has 0 bridgehead atoms. The average molecular weight is 265 g/mol. The summed E-state index contributed by atoms with van der Waals surface area (Å²) in [5.74, 6) is 1.62. The predicted octanol–water partition coefficient (Wildman–Crippen LogP) is 5.14. The molecule has 0 aliphatic heterocycles. The molecule has 1 aromatic rings. The van der Waals surface area contributed by atoms with E-state index in [2.05, 4.69) is 19.1 Å². The molecule has 0 saturated heterocycles. The highest BCUT2D eigenvalue weighted by Gasteiger charge is 2.21. The van der Waals surface area contributed by atoms with Crippen LogP contribution in [-0.4, -0.2) is 5.24 Å². The minimum absolute atomic E-state index is 0.367. The van der Waals surface area contributed by atoms with E-state index >= 15 is 0 Å². The Bertz CT molecular complexity index is 388. The molecule has 0 heterocycles. The van der Waals surface area contributed by atoms with Gasteiger partial charge in [0.2, 0.25) is 0 Å². The third-order valence-corrected chi connectivity index (χ3v) is 4.37. The standard InChI is InChI=1S/C16H21ClO/c1-2-3-12-4-6-13(7-5-12)14-8-10-15(11-9-14)16(17)18/h8-13H,2-7H2,1H3. The Morgan fingerprint density at radius 1 is 1.17 bits per heavy atom. The van der Waals surface area contributed by atoms with Crippen molar-refractivity contribution >= 4 is 16.8 Å². The van der Waals surface area contributed by atoms with Crippen LogP contribution in [0.3, 0.4) is 0 Å². The summed E-state index contributed by atoms with van der Waals surface area (Å²) in [6.45, 7) is 2.27. The quantitative estimate of drug-likeness (QED) is 0.688. The molecule has 0 amide bonds. The van der Waals surface area contributed by atoms with Crippen molar-refractivity contribution in [1.82, 2.24) is 0 Å². The lowest BCUT2D eigenvalue weighted by atomic mass is 9.77. The van der Waals surface area contributed by atoms with Gasteiger partial charge in [-0.05, 0) is 66.8 Å². The maximum Gasteiger partial charge on any atom is 0.252 e. The van der Waals surface area contributed by atoms with Crippen LogP contribution in [0, 0.1) is 5.92 Å². The summed E-state index contributed by atoms with van der Waals surface area (Å²) in [6, 6.07) is 7.84. The Kier molecular flexibility index (Phi) is 4.82. The molecule has 1 aliphatic carbocycles. The van der Waals surface area contributed by atoms with Gasteiger partial charge in [0.1, 0.15) is 0 Å². The largest absolute Gasteiger partial charge is 0.276 e. The molecule has 0 spiro atoms. The van der Waals surface area contributed by atoms with Gasteiger partial charge in [-0.15, -0.1) is 0 Å². The predicted molar refractivity (Wildman–Crippen MR) is 76.2 cm³/mol. The molecular weight excluding hydrogens is 244 g/mol. The number of hydrogen-bond acceptors (Lipinski definition) is 1. The van der Waals surface area contributed by atoms with E-state index in [0.717, 1.165) is 5.92 Å². The van der Waals surface area contributed by atoms with E-state index in [1.54, 1.807) is 0 Å². The summed E-state index contributed by atoms with van der Waals surface area (Å²) in [5.41, 5.74) is 1.96. The second kappa shape index (κ2) is 6.38. The van der Waals surface area contributed by atoms with Crippen LogP contribution >= 0.6 is 11.6 Å². The average Bonchev–Trinajstić information content (AvgIpc) is 2.40. The normalized spacial score (nSPS) is 23.9. The molecule has 1 aromatic carbocycles. The van der Waals surface area contributed by atoms with Gasteiger partial charge in [0, 0.05) is 5.56 Å². The summed E-state index contributed by atoms with van der Waals surface area (Å²) in [6.07, 6.45) is 7.98. The van der Waals surface area contributed by atoms with Crippen LogP contribution in [0.25, 0.3) is 0 Å². The third kappa shape index (κ3) is 3.35. The number of rotatable bonds is 4. The molecule has 1 nitrogen and oxygen atoms in total. The topological polar surface area (TPSA) is 17.1 Å². The molecule has 0 atom stereocenters. The summed E-state index contributed by atoms with van der Waals surface area (Å²) in [4.78, 5) is 11.0. The molecule has 2 heteroatoms. The fraction of sp³-hybridized carbons (Fsp3) is 0.562. The van der Waals surface area contributed by atoms with Gasteiger partial charge in [-0.3, -0.25) is 4.79 Å². The molecule has 98 valence electrons. The first-order chi connectivity index (χ1) is 8.70. The fourth-order valence-electron chi connectivity index (χ4n) is 3.08. The van der Waals surface area contributed by atoms with Crippen LogP contribution < -0.4 is 0 Å². The van der Waals surface area contributed by atoms with Crippen molar-refractivity contribution in [3.05, 3.63) is 35.4 Å². The van der Waals surface area contributed by atoms with Crippen LogP contribution in [0.1, 0.15) is 67.3 Å². The Balaban J connectivity index is 1.95. The van der Waals surface area contributed by atoms with Crippen LogP contribution in [0.4, 0.5) is 0 Å². The lowest BCUT2D eigenvalue weighted by Crippen LogP contribution is -2.13. The van der Waals surface area contributed by atoms with Crippen molar-refractivity contribution < 1.29 is 4.79 Å². The van der Waals surface area contributed by atoms with E-state index in [0.29, 0.717) is 11.5 Å². The molecule has 0 radical (unpaired) electrons. The third-order valence-electron chi connectivity index (χ3n) is 4.15. The van der Waals surface area contributed by atoms with Crippen LogP contribution in [0.2, 0.25) is 0 Å². The lowest BCUT2D eigenvalue weighted by molar-refractivity contribution is 0.108. The van der Waals surface area contributed by atoms with E-state index in [1.807, 2.05) is 12.1 Å². The van der Waals surface area contributed by atoms with Crippen molar-refractivity contribution in [2.45, 2.75) is 51.4 Å². The molecule has 1 saturated carbocycles. The number of carbonyl (C=O) groups is 1. The molecule has 2 rings (SSSR count). The fourth-order valence-corrected chi connectivity index (χ4v) is 3.21. The Hall–Kier alpha value is -0.820. The number of hydrogen-bond donors (Lipinski definition) is 0. The van der Waals surface area contributed by atoms with Gasteiger partial charge in [-0.25, -0.2) is 0 Å². The zero-order valence-corrected chi connectivity index (χ0v) is 11.7. The minimum atomic E-state index is -0.367. The van der Waals surface area contributed by atoms with E-state index in [1.165, 1.54) is 44.1 Å². The molecule has 1 fully saturated rings. The van der Waals surface area contributed by atoms with E-state index in [-0.39, 0.29) is 5.24 Å². The number of benzene rings is 1. The van der Waals surface area contributed by atoms with E-state index < -0.39 is 0 Å². The van der Waals surface area contributed by atoms with Gasteiger partial charge in [0.15, 0.2) is 0 Å². The summed E-state index contributed by atoms with van der Waals surface area (Å²) >= 11 is 5.46. The van der Waals surface area contributed by atoms with E-state index in [4.69, 9.17) is 11.6 Å². The summed E-state index contributed by atoms with van der Waals surface area (Å²) < 4.78 is 0. The van der Waals surface area contributed by atoms with Gasteiger partial charge >= 0.3 is 0 Å². The van der Waals surface area contributed by atoms with Crippen molar-refractivity contribution in [1.29, 1.82) is 0 Å². The Morgan fingerprint density at radius 2 is 1.78 bits per heavy atom. The molecule has 0 N–H and O–H groups in total. The molecular formula is C16H21ClO. The second-order valence-corrected chi connectivity index (χ2v) is 5.75. The maximum atomic E-state index is 11.0. The highest BCUT2D eigenvalue weighted by molar-refractivity contribution is 6.67. The lowest BCUT2D eigenvalue weighted by Gasteiger charge is -2.28. The number of halogens is 1. The number of carbonyl (C=O) groups excluding carboxylic acids is 1. The first-order valence-electron chi connectivity index (χ1n) is 7.00. The summed E-state index contributed by atoms with van der Waals surface area (Å²) in [5, 5.41) is -0.367. The van der Waals surface area contributed by atoms with Crippen molar-refractivity contribution in [3.8, 4) is 0 Å². The van der Waals surface area contributed by atoms with Gasteiger partial charge in [-0.1, -0.05) is 31.9 Å². The van der Waals surface area contributed by atoms with Gasteiger partial charge < -0.3 is 0 Å². The van der Waals surface area contributed by atoms with Crippen molar-refractivity contribution in [2.24, 2.45) is 5.92 Å². The van der Waals surface area contributed by atoms with Crippen LogP contribution in [0.5, 0.6) is 0 Å². The SMILES string of the molecule is CCCC1CCC(c2ccc(C(=O)Cl)cc2)CC1. The molecule has 0 aromatic heterocycles. The van der Waals surface area contributed by atoms with Crippen molar-refractivity contribution in [2.75, 3.05) is 0 Å². The summed E-state index contributed by atoms with van der Waals surface area (Å²) in [7, 11) is 0. The first-order valence-corrected chi connectivity index (χ1v) is 7.38. The van der Waals surface area contributed by atoms with Crippen molar-refractivity contribution in [3.63, 3.8) is 0 Å². The smallest absolute Gasteiger partial charge is 0.252 e. The highest BCUT2D eigenvalue weighted by atomic mass is 35.5. The van der Waals surface area contributed by atoms with Crippen LogP contribution in [0.15, 0.2) is 24.3 Å². The molecule has 18 heavy (non-hydrogen) atoms. The van der Waals surface area contributed by atoms with E-state index in [9.17, 15) is 4.79 Å². The monoisotopic (exact) mass is 264 g/mol. The zero-order chi connectivity index (χ0) is 13.0. The van der Waals surface area contributed by atoms with Gasteiger partial charge in [-0.2, -0.15) is 0 Å². The zero-order valence-electron chi connectivity index (χ0n) is 11.0. The Morgan fingerprint density at radius 3 is 2.28 bits per heavy atom. The van der Waals surface area contributed by atoms with Gasteiger partial charge in [0.05, 0.1) is 0 Å². The first kappa shape index (κ1) is 13.6. The minimum Gasteiger partial charge on any atom is -0.276 e. The maximum absolute atomic E-state index is 11.0. The highest BCUT2D eigenvalue weighted by Crippen LogP contribution is 2.37. The Labute approximate surface area is 115 Å². The molecule has 1 aliphatic rings.